The van der Waals surface area contributed by atoms with Gasteiger partial charge in [-0.2, -0.15) is 5.10 Å². The first-order valence-corrected chi connectivity index (χ1v) is 5.23. The van der Waals surface area contributed by atoms with Crippen molar-refractivity contribution in [1.82, 2.24) is 10.2 Å². The molecule has 2 rings (SSSR count). The zero-order valence-electron chi connectivity index (χ0n) is 9.21. The minimum Gasteiger partial charge on any atom is -0.277 e. The van der Waals surface area contributed by atoms with Crippen LogP contribution in [0.15, 0.2) is 18.2 Å². The van der Waals surface area contributed by atoms with E-state index in [0.29, 0.717) is 11.8 Å². The van der Waals surface area contributed by atoms with E-state index in [2.05, 4.69) is 31.0 Å². The number of rotatable bonds is 2. The number of nitrogens with one attached hydrogen (secondary N) is 1. The van der Waals surface area contributed by atoms with Gasteiger partial charge in [0.2, 0.25) is 0 Å². The molecule has 0 aliphatic carbocycles. The van der Waals surface area contributed by atoms with Gasteiger partial charge in [0.1, 0.15) is 5.82 Å². The van der Waals surface area contributed by atoms with Crippen molar-refractivity contribution in [2.24, 2.45) is 5.92 Å². The summed E-state index contributed by atoms with van der Waals surface area (Å²) in [5.74, 6) is 0.681. The molecule has 0 fully saturated rings. The summed E-state index contributed by atoms with van der Waals surface area (Å²) >= 11 is 0. The van der Waals surface area contributed by atoms with Crippen LogP contribution >= 0.6 is 0 Å². The molecule has 1 aromatic carbocycles. The average molecular weight is 206 g/mol. The van der Waals surface area contributed by atoms with Gasteiger partial charge in [0, 0.05) is 11.3 Å². The monoisotopic (exact) mass is 206 g/mol. The number of hydrogen-bond donors (Lipinski definition) is 1. The van der Waals surface area contributed by atoms with Gasteiger partial charge in [-0.25, -0.2) is 4.39 Å². The van der Waals surface area contributed by atoms with Crippen LogP contribution in [-0.2, 0) is 0 Å². The third-order valence-electron chi connectivity index (χ3n) is 2.99. The van der Waals surface area contributed by atoms with Crippen LogP contribution in [0.25, 0.3) is 10.9 Å². The average Bonchev–Trinajstić information content (AvgIpc) is 2.59. The van der Waals surface area contributed by atoms with Crippen LogP contribution in [0.5, 0.6) is 0 Å². The molecular weight excluding hydrogens is 191 g/mol. The Kier molecular flexibility index (Phi) is 2.47. The maximum absolute atomic E-state index is 13.0. The van der Waals surface area contributed by atoms with Gasteiger partial charge in [0.05, 0.1) is 11.2 Å². The number of H-pyrrole nitrogens is 1. The van der Waals surface area contributed by atoms with Crippen LogP contribution in [0.2, 0.25) is 0 Å². The maximum atomic E-state index is 13.0. The highest BCUT2D eigenvalue weighted by Crippen LogP contribution is 2.28. The first kappa shape index (κ1) is 10.1. The standard InChI is InChI=1S/C12H15FN2/c1-7(2)8(3)12-10-5-4-9(13)6-11(10)14-15-12/h4-8H,1-3H3,(H,14,15). The van der Waals surface area contributed by atoms with E-state index in [-0.39, 0.29) is 5.82 Å². The fourth-order valence-electron chi connectivity index (χ4n) is 1.68. The number of halogens is 1. The summed E-state index contributed by atoms with van der Waals surface area (Å²) in [6, 6.07) is 4.76. The van der Waals surface area contributed by atoms with Crippen LogP contribution in [0.4, 0.5) is 4.39 Å². The number of benzene rings is 1. The Bertz CT molecular complexity index is 473. The van der Waals surface area contributed by atoms with Gasteiger partial charge < -0.3 is 0 Å². The second-order valence-corrected chi connectivity index (χ2v) is 4.33. The zero-order valence-corrected chi connectivity index (χ0v) is 9.21. The van der Waals surface area contributed by atoms with Gasteiger partial charge in [-0.1, -0.05) is 20.8 Å². The summed E-state index contributed by atoms with van der Waals surface area (Å²) in [5, 5.41) is 8.17. The van der Waals surface area contributed by atoms with Crippen molar-refractivity contribution in [1.29, 1.82) is 0 Å². The van der Waals surface area contributed by atoms with Crippen molar-refractivity contribution in [3.05, 3.63) is 29.7 Å². The predicted molar refractivity (Wildman–Crippen MR) is 59.3 cm³/mol. The molecule has 0 aliphatic rings. The Morgan fingerprint density at radius 2 is 2.00 bits per heavy atom. The van der Waals surface area contributed by atoms with Crippen LogP contribution in [0, 0.1) is 11.7 Å². The third-order valence-corrected chi connectivity index (χ3v) is 2.99. The summed E-state index contributed by atoms with van der Waals surface area (Å²) in [5.41, 5.74) is 1.80. The Morgan fingerprint density at radius 3 is 2.67 bits per heavy atom. The number of hydrogen-bond acceptors (Lipinski definition) is 1. The molecule has 0 saturated carbocycles. The minimum absolute atomic E-state index is 0.227. The van der Waals surface area contributed by atoms with E-state index in [9.17, 15) is 4.39 Å². The van der Waals surface area contributed by atoms with Crippen molar-refractivity contribution >= 4 is 10.9 Å². The summed E-state index contributed by atoms with van der Waals surface area (Å²) in [6.07, 6.45) is 0. The smallest absolute Gasteiger partial charge is 0.125 e. The van der Waals surface area contributed by atoms with Gasteiger partial charge >= 0.3 is 0 Å². The maximum Gasteiger partial charge on any atom is 0.125 e. The summed E-state index contributed by atoms with van der Waals surface area (Å²) < 4.78 is 13.0. The second-order valence-electron chi connectivity index (χ2n) is 4.33. The molecule has 0 aliphatic heterocycles. The van der Waals surface area contributed by atoms with E-state index < -0.39 is 0 Å². The molecule has 80 valence electrons. The molecule has 1 unspecified atom stereocenters. The summed E-state index contributed by atoms with van der Waals surface area (Å²) in [4.78, 5) is 0. The quantitative estimate of drug-likeness (QED) is 0.800. The SMILES string of the molecule is CC(C)C(C)c1n[nH]c2cc(F)ccc12. The highest BCUT2D eigenvalue weighted by atomic mass is 19.1. The topological polar surface area (TPSA) is 28.7 Å². The molecule has 2 aromatic rings. The molecule has 1 N–H and O–H groups in total. The molecule has 1 aromatic heterocycles. The van der Waals surface area contributed by atoms with E-state index in [0.717, 1.165) is 16.6 Å². The summed E-state index contributed by atoms with van der Waals surface area (Å²) in [6.45, 7) is 6.47. The van der Waals surface area contributed by atoms with E-state index >= 15 is 0 Å². The van der Waals surface area contributed by atoms with Gasteiger partial charge in [-0.3, -0.25) is 5.10 Å². The van der Waals surface area contributed by atoms with Crippen molar-refractivity contribution in [2.75, 3.05) is 0 Å². The molecule has 1 atom stereocenters. The molecule has 15 heavy (non-hydrogen) atoms. The van der Waals surface area contributed by atoms with Crippen molar-refractivity contribution in [3.63, 3.8) is 0 Å². The van der Waals surface area contributed by atoms with Gasteiger partial charge in [0.25, 0.3) is 0 Å². The molecule has 0 spiro atoms. The number of aromatic nitrogens is 2. The normalized spacial score (nSPS) is 13.7. The summed E-state index contributed by atoms with van der Waals surface area (Å²) in [7, 11) is 0. The Balaban J connectivity index is 2.54. The van der Waals surface area contributed by atoms with Gasteiger partial charge in [0.15, 0.2) is 0 Å². The number of aromatic amines is 1. The second kappa shape index (κ2) is 3.65. The number of nitrogens with zero attached hydrogens (tertiary/aromatic N) is 1. The zero-order chi connectivity index (χ0) is 11.0. The van der Waals surface area contributed by atoms with Crippen molar-refractivity contribution in [3.8, 4) is 0 Å². The van der Waals surface area contributed by atoms with E-state index in [1.54, 1.807) is 6.07 Å². The van der Waals surface area contributed by atoms with Crippen LogP contribution in [-0.4, -0.2) is 10.2 Å². The lowest BCUT2D eigenvalue weighted by Crippen LogP contribution is -2.02. The van der Waals surface area contributed by atoms with E-state index in [4.69, 9.17) is 0 Å². The lowest BCUT2D eigenvalue weighted by atomic mass is 9.93. The van der Waals surface area contributed by atoms with Crippen LogP contribution in [0.1, 0.15) is 32.4 Å². The predicted octanol–water partition coefficient (Wildman–Crippen LogP) is 3.46. The van der Waals surface area contributed by atoms with Crippen LogP contribution in [0.3, 0.4) is 0 Å². The van der Waals surface area contributed by atoms with Crippen molar-refractivity contribution in [2.45, 2.75) is 26.7 Å². The molecular formula is C12H15FN2. The fraction of sp³-hybridized carbons (Fsp3) is 0.417. The van der Waals surface area contributed by atoms with E-state index in [1.165, 1.54) is 12.1 Å². The Labute approximate surface area is 88.5 Å². The molecule has 1 heterocycles. The fourth-order valence-corrected chi connectivity index (χ4v) is 1.68. The first-order chi connectivity index (χ1) is 7.09. The Morgan fingerprint density at radius 1 is 1.27 bits per heavy atom. The van der Waals surface area contributed by atoms with Gasteiger partial charge in [-0.05, 0) is 24.1 Å². The molecule has 0 radical (unpaired) electrons. The van der Waals surface area contributed by atoms with Crippen molar-refractivity contribution < 1.29 is 4.39 Å². The molecule has 2 nitrogen and oxygen atoms in total. The third kappa shape index (κ3) is 1.74. The van der Waals surface area contributed by atoms with Gasteiger partial charge in [-0.15, -0.1) is 0 Å². The number of fused-ring (bicyclic) bond motifs is 1. The largest absolute Gasteiger partial charge is 0.277 e. The minimum atomic E-state index is -0.227. The lowest BCUT2D eigenvalue weighted by molar-refractivity contribution is 0.525. The molecule has 0 amide bonds. The molecule has 0 bridgehead atoms. The highest BCUT2D eigenvalue weighted by molar-refractivity contribution is 5.81. The molecule has 0 saturated heterocycles. The Hall–Kier alpha value is -1.38. The molecule has 3 heteroatoms. The van der Waals surface area contributed by atoms with E-state index in [1.807, 2.05) is 0 Å². The van der Waals surface area contributed by atoms with Crippen LogP contribution < -0.4 is 0 Å². The highest BCUT2D eigenvalue weighted by Gasteiger charge is 2.16. The first-order valence-electron chi connectivity index (χ1n) is 5.23. The lowest BCUT2D eigenvalue weighted by Gasteiger charge is -2.12.